The number of rotatable bonds is 6. The molecule has 10 heteroatoms. The lowest BCUT2D eigenvalue weighted by atomic mass is 9.92. The molecular weight excluding hydrogens is 440 g/mol. The molecule has 176 valence electrons. The van der Waals surface area contributed by atoms with Crippen LogP contribution in [0.2, 0.25) is 0 Å². The van der Waals surface area contributed by atoms with E-state index in [4.69, 9.17) is 14.0 Å². The lowest BCUT2D eigenvalue weighted by molar-refractivity contribution is -0.130. The zero-order chi connectivity index (χ0) is 24.2. The number of benzene rings is 1. The fraction of sp³-hybridized carbons (Fsp3) is 0.333. The Morgan fingerprint density at radius 3 is 2.62 bits per heavy atom. The Balaban J connectivity index is 1.34. The van der Waals surface area contributed by atoms with Gasteiger partial charge in [-0.05, 0) is 51.5 Å². The van der Waals surface area contributed by atoms with E-state index in [-0.39, 0.29) is 25.5 Å². The molecule has 0 radical (unpaired) electrons. The topological polar surface area (TPSA) is 116 Å². The van der Waals surface area contributed by atoms with E-state index in [1.165, 1.54) is 0 Å². The van der Waals surface area contributed by atoms with Gasteiger partial charge in [0.2, 0.25) is 6.79 Å². The molecule has 3 aromatic rings. The van der Waals surface area contributed by atoms with Gasteiger partial charge in [-0.1, -0.05) is 11.2 Å². The van der Waals surface area contributed by atoms with Crippen LogP contribution in [0.4, 0.5) is 4.79 Å². The van der Waals surface area contributed by atoms with Gasteiger partial charge in [0.25, 0.3) is 5.91 Å². The van der Waals surface area contributed by atoms with Gasteiger partial charge >= 0.3 is 6.03 Å². The van der Waals surface area contributed by atoms with Crippen molar-refractivity contribution in [2.45, 2.75) is 39.7 Å². The zero-order valence-electron chi connectivity index (χ0n) is 19.3. The Morgan fingerprint density at radius 2 is 1.88 bits per heavy atom. The van der Waals surface area contributed by atoms with E-state index in [2.05, 4.69) is 10.5 Å². The summed E-state index contributed by atoms with van der Waals surface area (Å²) in [6.07, 6.45) is 0.249. The summed E-state index contributed by atoms with van der Waals surface area (Å²) in [5.74, 6) is 1.66. The van der Waals surface area contributed by atoms with Crippen LogP contribution in [0.3, 0.4) is 0 Å². The molecule has 0 aliphatic carbocycles. The van der Waals surface area contributed by atoms with E-state index in [1.54, 1.807) is 49.6 Å². The molecule has 0 unspecified atom stereocenters. The molecule has 0 saturated carbocycles. The quantitative estimate of drug-likeness (QED) is 0.440. The van der Waals surface area contributed by atoms with Crippen molar-refractivity contribution in [1.29, 1.82) is 0 Å². The van der Waals surface area contributed by atoms with Crippen LogP contribution in [0.1, 0.15) is 40.0 Å². The predicted octanol–water partition coefficient (Wildman–Crippen LogP) is 2.86. The fourth-order valence-corrected chi connectivity index (χ4v) is 4.55. The van der Waals surface area contributed by atoms with E-state index in [0.717, 1.165) is 16.2 Å². The molecule has 1 atom stereocenters. The molecule has 2 aliphatic heterocycles. The third kappa shape index (κ3) is 3.51. The third-order valence-electron chi connectivity index (χ3n) is 6.22. The first-order valence-corrected chi connectivity index (χ1v) is 10.8. The molecule has 34 heavy (non-hydrogen) atoms. The van der Waals surface area contributed by atoms with E-state index in [0.29, 0.717) is 34.3 Å². The number of aryl methyl sites for hydroxylation is 2. The number of urea groups is 1. The van der Waals surface area contributed by atoms with Crippen molar-refractivity contribution in [2.24, 2.45) is 0 Å². The van der Waals surface area contributed by atoms with Crippen LogP contribution in [0, 0.1) is 20.8 Å². The first-order chi connectivity index (χ1) is 16.2. The summed E-state index contributed by atoms with van der Waals surface area (Å²) in [6.45, 7) is 6.88. The highest BCUT2D eigenvalue weighted by Crippen LogP contribution is 2.34. The molecule has 2 aliphatic rings. The van der Waals surface area contributed by atoms with Gasteiger partial charge in [0, 0.05) is 29.4 Å². The lowest BCUT2D eigenvalue weighted by Crippen LogP contribution is -2.46. The molecule has 0 spiro atoms. The van der Waals surface area contributed by atoms with Crippen molar-refractivity contribution in [1.82, 2.24) is 19.9 Å². The number of aromatic nitrogens is 2. The predicted molar refractivity (Wildman–Crippen MR) is 119 cm³/mol. The maximum Gasteiger partial charge on any atom is 0.325 e. The molecule has 4 heterocycles. The summed E-state index contributed by atoms with van der Waals surface area (Å²) in [5.41, 5.74) is 1.49. The number of carbonyl (C=O) groups excluding carboxylic acids is 3. The summed E-state index contributed by atoms with van der Waals surface area (Å²) in [6, 6.07) is 8.30. The van der Waals surface area contributed by atoms with Crippen LogP contribution in [-0.4, -0.2) is 51.2 Å². The van der Waals surface area contributed by atoms with Crippen LogP contribution >= 0.6 is 0 Å². The van der Waals surface area contributed by atoms with Crippen LogP contribution in [0.15, 0.2) is 34.9 Å². The average Bonchev–Trinajstić information content (AvgIpc) is 3.52. The minimum atomic E-state index is -1.18. The molecule has 3 amide bonds. The second-order valence-electron chi connectivity index (χ2n) is 8.86. The SMILES string of the molecule is Cc1cc(-n2c(C)cc(C(=O)CN3C(=O)N[C@@](C)(Cc4ccc5c(c4)OCO5)C3=O)c2C)no1. The highest BCUT2D eigenvalue weighted by molar-refractivity contribution is 6.11. The molecule has 1 N–H and O–H groups in total. The van der Waals surface area contributed by atoms with Crippen LogP contribution in [0.5, 0.6) is 11.5 Å². The Bertz CT molecular complexity index is 1340. The van der Waals surface area contributed by atoms with E-state index < -0.39 is 17.5 Å². The number of carbonyl (C=O) groups is 3. The van der Waals surface area contributed by atoms with Crippen molar-refractivity contribution in [2.75, 3.05) is 13.3 Å². The maximum absolute atomic E-state index is 13.2. The second-order valence-corrected chi connectivity index (χ2v) is 8.86. The Kier molecular flexibility index (Phi) is 4.96. The summed E-state index contributed by atoms with van der Waals surface area (Å²) in [5, 5.41) is 6.77. The van der Waals surface area contributed by atoms with Crippen molar-refractivity contribution in [3.63, 3.8) is 0 Å². The minimum absolute atomic E-state index is 0.151. The number of amides is 3. The Hall–Kier alpha value is -4.08. The largest absolute Gasteiger partial charge is 0.454 e. The number of Topliss-reactive ketones (excluding diaryl/α,β-unsaturated/α-hetero) is 1. The van der Waals surface area contributed by atoms with E-state index in [9.17, 15) is 14.4 Å². The number of ketones is 1. The second kappa shape index (κ2) is 7.75. The number of hydrogen-bond donors (Lipinski definition) is 1. The highest BCUT2D eigenvalue weighted by Gasteiger charge is 2.48. The van der Waals surface area contributed by atoms with Crippen LogP contribution in [-0.2, 0) is 11.2 Å². The van der Waals surface area contributed by atoms with Crippen molar-refractivity contribution in [3.05, 3.63) is 58.6 Å². The number of nitrogens with zero attached hydrogens (tertiary/aromatic N) is 3. The molecule has 1 fully saturated rings. The molecule has 1 aromatic carbocycles. The number of hydrogen-bond acceptors (Lipinski definition) is 7. The fourth-order valence-electron chi connectivity index (χ4n) is 4.55. The summed E-state index contributed by atoms with van der Waals surface area (Å²) in [4.78, 5) is 40.1. The van der Waals surface area contributed by atoms with Crippen LogP contribution in [0.25, 0.3) is 5.82 Å². The molecule has 5 rings (SSSR count). The van der Waals surface area contributed by atoms with Gasteiger partial charge in [0.15, 0.2) is 23.1 Å². The summed E-state index contributed by atoms with van der Waals surface area (Å²) >= 11 is 0. The highest BCUT2D eigenvalue weighted by atomic mass is 16.7. The van der Waals surface area contributed by atoms with E-state index >= 15 is 0 Å². The standard InChI is InChI=1S/C24H24N4O6/c1-13-7-17(15(3)28(13)21-8-14(2)34-26-21)18(29)11-27-22(30)24(4,25-23(27)31)10-16-5-6-19-20(9-16)33-12-32-19/h5-9H,10-12H2,1-4H3,(H,25,31)/t24-/m0/s1. The van der Waals surface area contributed by atoms with E-state index in [1.807, 2.05) is 13.0 Å². The smallest absolute Gasteiger partial charge is 0.325 e. The first kappa shape index (κ1) is 21.7. The van der Waals surface area contributed by atoms with Gasteiger partial charge in [-0.15, -0.1) is 0 Å². The Labute approximate surface area is 195 Å². The minimum Gasteiger partial charge on any atom is -0.454 e. The van der Waals surface area contributed by atoms with Crippen LogP contribution < -0.4 is 14.8 Å². The van der Waals surface area contributed by atoms with Gasteiger partial charge in [0.05, 0.1) is 6.54 Å². The molecular formula is C24H24N4O6. The monoisotopic (exact) mass is 464 g/mol. The van der Waals surface area contributed by atoms with Crippen molar-refractivity contribution < 1.29 is 28.4 Å². The molecule has 1 saturated heterocycles. The first-order valence-electron chi connectivity index (χ1n) is 10.8. The zero-order valence-corrected chi connectivity index (χ0v) is 19.3. The van der Waals surface area contributed by atoms with Crippen molar-refractivity contribution in [3.8, 4) is 17.3 Å². The normalized spacial score (nSPS) is 19.1. The van der Waals surface area contributed by atoms with Gasteiger partial charge in [-0.3, -0.25) is 19.1 Å². The number of ether oxygens (including phenoxy) is 2. The summed E-state index contributed by atoms with van der Waals surface area (Å²) < 4.78 is 17.7. The molecule has 0 bridgehead atoms. The Morgan fingerprint density at radius 1 is 1.12 bits per heavy atom. The molecule has 10 nitrogen and oxygen atoms in total. The summed E-state index contributed by atoms with van der Waals surface area (Å²) in [7, 11) is 0. The average molecular weight is 464 g/mol. The van der Waals surface area contributed by atoms with Gasteiger partial charge in [-0.25, -0.2) is 4.79 Å². The van der Waals surface area contributed by atoms with Crippen molar-refractivity contribution >= 4 is 17.7 Å². The third-order valence-corrected chi connectivity index (χ3v) is 6.22. The maximum atomic E-state index is 13.2. The molecule has 2 aromatic heterocycles. The van der Waals surface area contributed by atoms with Gasteiger partial charge in [0.1, 0.15) is 11.3 Å². The van der Waals surface area contributed by atoms with Gasteiger partial charge < -0.3 is 19.3 Å². The van der Waals surface area contributed by atoms with Gasteiger partial charge in [-0.2, -0.15) is 0 Å². The number of nitrogens with one attached hydrogen (secondary N) is 1. The number of imide groups is 1. The number of fused-ring (bicyclic) bond motifs is 1. The lowest BCUT2D eigenvalue weighted by Gasteiger charge is -2.21.